The fraction of sp³-hybridized carbons (Fsp3) is 0.143. The van der Waals surface area contributed by atoms with Gasteiger partial charge in [0.2, 0.25) is 0 Å². The molecule has 28 heavy (non-hydrogen) atoms. The van der Waals surface area contributed by atoms with E-state index in [0.29, 0.717) is 6.04 Å². The molecule has 0 amide bonds. The van der Waals surface area contributed by atoms with E-state index < -0.39 is 0 Å². The number of nitrogens with one attached hydrogen (secondary N) is 1. The average Bonchev–Trinajstić information content (AvgIpc) is 3.43. The average molecular weight is 371 g/mol. The largest absolute Gasteiger partial charge is 0.367 e. The Morgan fingerprint density at radius 2 is 1.89 bits per heavy atom. The highest BCUT2D eigenvalue weighted by Gasteiger charge is 2.21. The molecule has 4 aromatic rings. The van der Waals surface area contributed by atoms with Crippen LogP contribution in [0.25, 0.3) is 27.8 Å². The highest BCUT2D eigenvalue weighted by atomic mass is 16.6. The van der Waals surface area contributed by atoms with Gasteiger partial charge >= 0.3 is 0 Å². The Morgan fingerprint density at radius 1 is 1.04 bits per heavy atom. The summed E-state index contributed by atoms with van der Waals surface area (Å²) in [5, 5.41) is 15.6. The van der Waals surface area contributed by atoms with Crippen molar-refractivity contribution < 1.29 is 4.92 Å². The van der Waals surface area contributed by atoms with E-state index in [-0.39, 0.29) is 10.6 Å². The fourth-order valence-electron chi connectivity index (χ4n) is 3.30. The molecule has 1 fully saturated rings. The van der Waals surface area contributed by atoms with E-state index >= 15 is 0 Å². The maximum Gasteiger partial charge on any atom is 0.270 e. The molecule has 7 heteroatoms. The molecule has 0 bridgehead atoms. The smallest absolute Gasteiger partial charge is 0.270 e. The highest BCUT2D eigenvalue weighted by molar-refractivity contribution is 5.87. The summed E-state index contributed by atoms with van der Waals surface area (Å²) in [6, 6.07) is 17.2. The standard InChI is InChI=1S/C21H17N5O2/c27-26(28)18-3-1-2-15(10-18)16-5-4-14-8-9-25(19(14)11-16)21-12-20(22-13-23-21)24-17-6-7-17/h1-5,8-13,17H,6-7H2,(H,22,23,24). The van der Waals surface area contributed by atoms with Gasteiger partial charge in [0, 0.05) is 35.8 Å². The Bertz CT molecular complexity index is 1200. The first kappa shape index (κ1) is 16.4. The summed E-state index contributed by atoms with van der Waals surface area (Å²) in [5.41, 5.74) is 2.80. The van der Waals surface area contributed by atoms with Gasteiger partial charge in [-0.25, -0.2) is 9.97 Å². The van der Waals surface area contributed by atoms with Gasteiger partial charge in [0.1, 0.15) is 18.0 Å². The molecule has 1 N–H and O–H groups in total. The summed E-state index contributed by atoms with van der Waals surface area (Å²) < 4.78 is 2.01. The second-order valence-electron chi connectivity index (χ2n) is 6.95. The summed E-state index contributed by atoms with van der Waals surface area (Å²) in [6.45, 7) is 0. The number of non-ortho nitro benzene ring substituents is 1. The van der Waals surface area contributed by atoms with Crippen LogP contribution in [0.5, 0.6) is 0 Å². The lowest BCUT2D eigenvalue weighted by Gasteiger charge is -2.09. The number of aromatic nitrogens is 3. The van der Waals surface area contributed by atoms with Crippen LogP contribution >= 0.6 is 0 Å². The van der Waals surface area contributed by atoms with Crippen molar-refractivity contribution >= 4 is 22.4 Å². The van der Waals surface area contributed by atoms with Crippen LogP contribution in [0.2, 0.25) is 0 Å². The molecule has 1 saturated carbocycles. The summed E-state index contributed by atoms with van der Waals surface area (Å²) in [6.07, 6.45) is 5.90. The molecule has 0 unspecified atom stereocenters. The zero-order chi connectivity index (χ0) is 19.1. The minimum atomic E-state index is -0.375. The molecule has 1 aliphatic rings. The van der Waals surface area contributed by atoms with Crippen LogP contribution in [0.1, 0.15) is 12.8 Å². The van der Waals surface area contributed by atoms with Crippen LogP contribution in [0.3, 0.4) is 0 Å². The first-order valence-electron chi connectivity index (χ1n) is 9.12. The maximum absolute atomic E-state index is 11.1. The topological polar surface area (TPSA) is 85.9 Å². The normalized spacial score (nSPS) is 13.6. The Balaban J connectivity index is 1.57. The van der Waals surface area contributed by atoms with Gasteiger partial charge in [0.05, 0.1) is 10.4 Å². The number of benzene rings is 2. The number of anilines is 1. The minimum absolute atomic E-state index is 0.0829. The number of hydrogen-bond acceptors (Lipinski definition) is 5. The lowest BCUT2D eigenvalue weighted by molar-refractivity contribution is -0.384. The van der Waals surface area contributed by atoms with Crippen molar-refractivity contribution in [2.24, 2.45) is 0 Å². The molecule has 5 rings (SSSR count). The Kier molecular flexibility index (Phi) is 3.79. The Morgan fingerprint density at radius 3 is 2.71 bits per heavy atom. The molecule has 0 spiro atoms. The van der Waals surface area contributed by atoms with Gasteiger partial charge in [-0.3, -0.25) is 10.1 Å². The van der Waals surface area contributed by atoms with Crippen molar-refractivity contribution in [2.75, 3.05) is 5.32 Å². The quantitative estimate of drug-likeness (QED) is 0.410. The molecule has 7 nitrogen and oxygen atoms in total. The zero-order valence-electron chi connectivity index (χ0n) is 14.9. The van der Waals surface area contributed by atoms with Gasteiger partial charge in [0.15, 0.2) is 0 Å². The number of hydrogen-bond donors (Lipinski definition) is 1. The third-order valence-electron chi connectivity index (χ3n) is 4.91. The van der Waals surface area contributed by atoms with Crippen molar-refractivity contribution in [3.63, 3.8) is 0 Å². The SMILES string of the molecule is O=[N+]([O-])c1cccc(-c2ccc3ccn(-c4cc(NC5CC5)ncn4)c3c2)c1. The molecule has 1 aliphatic carbocycles. The Labute approximate surface area is 160 Å². The minimum Gasteiger partial charge on any atom is -0.367 e. The van der Waals surface area contributed by atoms with Crippen molar-refractivity contribution in [1.82, 2.24) is 14.5 Å². The first-order chi connectivity index (χ1) is 13.7. The van der Waals surface area contributed by atoms with Gasteiger partial charge in [-0.2, -0.15) is 0 Å². The van der Waals surface area contributed by atoms with Gasteiger partial charge in [0.25, 0.3) is 5.69 Å². The summed E-state index contributed by atoms with van der Waals surface area (Å²) in [7, 11) is 0. The van der Waals surface area contributed by atoms with Crippen molar-refractivity contribution in [1.29, 1.82) is 0 Å². The van der Waals surface area contributed by atoms with Gasteiger partial charge < -0.3 is 9.88 Å². The molecule has 2 aromatic carbocycles. The monoisotopic (exact) mass is 371 g/mol. The zero-order valence-corrected chi connectivity index (χ0v) is 14.9. The second-order valence-corrected chi connectivity index (χ2v) is 6.95. The number of nitrogens with zero attached hydrogens (tertiary/aromatic N) is 4. The van der Waals surface area contributed by atoms with E-state index in [2.05, 4.69) is 15.3 Å². The van der Waals surface area contributed by atoms with E-state index in [1.165, 1.54) is 18.9 Å². The van der Waals surface area contributed by atoms with Crippen LogP contribution in [0.4, 0.5) is 11.5 Å². The molecule has 0 saturated heterocycles. The molecule has 0 aliphatic heterocycles. The van der Waals surface area contributed by atoms with Crippen LogP contribution in [-0.4, -0.2) is 25.5 Å². The highest BCUT2D eigenvalue weighted by Crippen LogP contribution is 2.29. The van der Waals surface area contributed by atoms with Crippen LogP contribution in [0.15, 0.2) is 67.1 Å². The molecule has 0 atom stereocenters. The van der Waals surface area contributed by atoms with Crippen molar-refractivity contribution in [3.05, 3.63) is 77.2 Å². The lowest BCUT2D eigenvalue weighted by atomic mass is 10.0. The predicted octanol–water partition coefficient (Wildman–Crippen LogP) is 4.57. The van der Waals surface area contributed by atoms with Gasteiger partial charge in [-0.05, 0) is 36.1 Å². The van der Waals surface area contributed by atoms with E-state index in [4.69, 9.17) is 0 Å². The Hall–Kier alpha value is -3.74. The van der Waals surface area contributed by atoms with E-state index in [0.717, 1.165) is 33.7 Å². The summed E-state index contributed by atoms with van der Waals surface area (Å²) in [4.78, 5) is 19.4. The molecule has 0 radical (unpaired) electrons. The lowest BCUT2D eigenvalue weighted by Crippen LogP contribution is -2.05. The maximum atomic E-state index is 11.1. The van der Waals surface area contributed by atoms with E-state index in [1.807, 2.05) is 47.2 Å². The summed E-state index contributed by atoms with van der Waals surface area (Å²) in [5.74, 6) is 1.61. The third kappa shape index (κ3) is 3.07. The molecular formula is C21H17N5O2. The fourth-order valence-corrected chi connectivity index (χ4v) is 3.30. The molecule has 2 aromatic heterocycles. The molecule has 138 valence electrons. The molecule has 2 heterocycles. The van der Waals surface area contributed by atoms with Crippen molar-refractivity contribution in [2.45, 2.75) is 18.9 Å². The number of nitro groups is 1. The predicted molar refractivity (Wildman–Crippen MR) is 108 cm³/mol. The van der Waals surface area contributed by atoms with E-state index in [1.54, 1.807) is 18.5 Å². The van der Waals surface area contributed by atoms with Crippen molar-refractivity contribution in [3.8, 4) is 16.9 Å². The second kappa shape index (κ2) is 6.45. The first-order valence-corrected chi connectivity index (χ1v) is 9.12. The van der Waals surface area contributed by atoms with Gasteiger partial charge in [-0.15, -0.1) is 0 Å². The number of rotatable bonds is 5. The third-order valence-corrected chi connectivity index (χ3v) is 4.91. The van der Waals surface area contributed by atoms with Gasteiger partial charge in [-0.1, -0.05) is 24.3 Å². The molecular weight excluding hydrogens is 354 g/mol. The number of fused-ring (bicyclic) bond motifs is 1. The van der Waals surface area contributed by atoms with Crippen LogP contribution in [0, 0.1) is 10.1 Å². The van der Waals surface area contributed by atoms with E-state index in [9.17, 15) is 10.1 Å². The summed E-state index contributed by atoms with van der Waals surface area (Å²) >= 11 is 0. The van der Waals surface area contributed by atoms with Crippen LogP contribution < -0.4 is 5.32 Å². The number of nitro benzene ring substituents is 1. The van der Waals surface area contributed by atoms with Crippen LogP contribution in [-0.2, 0) is 0 Å².